The first kappa shape index (κ1) is 36.4. The summed E-state index contributed by atoms with van der Waals surface area (Å²) in [6, 6.07) is 10.4. The number of nitrogens with zero attached hydrogens (tertiary/aromatic N) is 1. The first-order valence-electron chi connectivity index (χ1n) is 20.0. The van der Waals surface area contributed by atoms with E-state index in [2.05, 4.69) is 55.8 Å². The molecule has 6 aliphatic rings. The maximum absolute atomic E-state index is 11.2. The predicted octanol–water partition coefficient (Wildman–Crippen LogP) is 7.57. The van der Waals surface area contributed by atoms with Gasteiger partial charge in [-0.25, -0.2) is 0 Å². The summed E-state index contributed by atoms with van der Waals surface area (Å²) < 4.78 is 24.4. The number of benzene rings is 2. The lowest BCUT2D eigenvalue weighted by atomic mass is 9.43. The average molecular weight is 729 g/mol. The molecule has 1 aromatic heterocycles. The third kappa shape index (κ3) is 6.14. The minimum atomic E-state index is -0.684. The molecule has 9 heteroatoms. The normalized spacial score (nSPS) is 34.0. The van der Waals surface area contributed by atoms with E-state index in [4.69, 9.17) is 24.1 Å². The molecule has 0 radical (unpaired) electrons. The second-order valence-electron chi connectivity index (χ2n) is 17.6. The number of ether oxygens (including phenoxy) is 4. The Balaban J connectivity index is 0.000000152. The van der Waals surface area contributed by atoms with Crippen LogP contribution in [0.1, 0.15) is 90.5 Å². The van der Waals surface area contributed by atoms with E-state index in [0.29, 0.717) is 42.3 Å². The number of aliphatic hydroxyl groups is 2. The molecule has 4 saturated carbocycles. The summed E-state index contributed by atoms with van der Waals surface area (Å²) in [6.45, 7) is 8.38. The van der Waals surface area contributed by atoms with Crippen molar-refractivity contribution in [1.82, 2.24) is 0 Å². The number of aliphatic hydroxyl groups excluding tert-OH is 2. The van der Waals surface area contributed by atoms with Crippen molar-refractivity contribution in [1.29, 1.82) is 0 Å². The van der Waals surface area contributed by atoms with Crippen LogP contribution >= 0.6 is 0 Å². The van der Waals surface area contributed by atoms with Crippen LogP contribution in [0, 0.1) is 46.3 Å². The van der Waals surface area contributed by atoms with Crippen LogP contribution in [0.25, 0.3) is 22.0 Å². The van der Waals surface area contributed by atoms with Gasteiger partial charge in [0.1, 0.15) is 0 Å². The molecule has 0 unspecified atom stereocenters. The van der Waals surface area contributed by atoms with Crippen LogP contribution in [0.4, 0.5) is 0 Å². The van der Waals surface area contributed by atoms with E-state index in [0.717, 1.165) is 78.8 Å². The number of rotatable bonds is 6. The summed E-state index contributed by atoms with van der Waals surface area (Å²) in [6.07, 6.45) is 12.3. The number of carboxylic acid groups (broad SMARTS) is 1. The SMILES string of the molecule is COc1ccc2cc3[n+](cc2c1OC)CCc1cc2c(cc1-3)OCO2.C[C@H](CCC(=O)O)[C@H]1CC[C@H]2[C@@H]3[C@@H](O)C[C@@H]4C[C@H](O)CC[C@]4(C)[C@H]3CC[C@]12C. The van der Waals surface area contributed by atoms with Crippen LogP contribution in [0.5, 0.6) is 23.0 Å². The van der Waals surface area contributed by atoms with Crippen molar-refractivity contribution in [3.8, 4) is 34.3 Å². The van der Waals surface area contributed by atoms with Crippen LogP contribution in [0.3, 0.4) is 0 Å². The second kappa shape index (κ2) is 13.9. The Bertz CT molecular complexity index is 1880. The molecule has 53 heavy (non-hydrogen) atoms. The van der Waals surface area contributed by atoms with E-state index in [1.54, 1.807) is 14.2 Å². The second-order valence-corrected chi connectivity index (χ2v) is 17.6. The molecule has 9 rings (SSSR count). The molecule has 3 N–H and O–H groups in total. The molecule has 2 aromatic carbocycles. The highest BCUT2D eigenvalue weighted by Gasteiger charge is 2.62. The van der Waals surface area contributed by atoms with E-state index in [9.17, 15) is 15.0 Å². The molecular weight excluding hydrogens is 670 g/mol. The Hall–Kier alpha value is -3.56. The van der Waals surface area contributed by atoms with Gasteiger partial charge >= 0.3 is 5.97 Å². The first-order valence-corrected chi connectivity index (χ1v) is 20.0. The summed E-state index contributed by atoms with van der Waals surface area (Å²) in [5.74, 6) is 5.54. The highest BCUT2D eigenvalue weighted by molar-refractivity contribution is 5.91. The number of fused-ring (bicyclic) bond motifs is 10. The molecule has 0 bridgehead atoms. The van der Waals surface area contributed by atoms with Crippen LogP contribution in [0.15, 0.2) is 36.5 Å². The molecular formula is C44H58NO8+. The molecule has 4 aliphatic carbocycles. The Morgan fingerprint density at radius 2 is 1.72 bits per heavy atom. The average Bonchev–Trinajstić information content (AvgIpc) is 3.76. The highest BCUT2D eigenvalue weighted by Crippen LogP contribution is 2.68. The maximum atomic E-state index is 11.2. The summed E-state index contributed by atoms with van der Waals surface area (Å²) in [7, 11) is 3.34. The quantitative estimate of drug-likeness (QED) is 0.223. The van der Waals surface area contributed by atoms with Crippen LogP contribution in [0.2, 0.25) is 0 Å². The largest absolute Gasteiger partial charge is 0.493 e. The molecule has 10 atom stereocenters. The third-order valence-electron chi connectivity index (χ3n) is 15.2. The summed E-state index contributed by atoms with van der Waals surface area (Å²) in [5.41, 5.74) is 4.20. The van der Waals surface area contributed by atoms with Crippen molar-refractivity contribution in [2.24, 2.45) is 46.3 Å². The van der Waals surface area contributed by atoms with Gasteiger partial charge in [-0.1, -0.05) is 20.8 Å². The summed E-state index contributed by atoms with van der Waals surface area (Å²) >= 11 is 0. The number of aliphatic carboxylic acids is 1. The van der Waals surface area contributed by atoms with Crippen molar-refractivity contribution in [2.75, 3.05) is 21.0 Å². The van der Waals surface area contributed by atoms with Crippen molar-refractivity contribution in [3.63, 3.8) is 0 Å². The van der Waals surface area contributed by atoms with Gasteiger partial charge in [0, 0.05) is 18.9 Å². The standard InChI is InChI=1S/C24H40O4.C20H18NO4/c1-14(4-7-21(27)28)17-5-6-18-22-19(9-11-24(17,18)3)23(2)10-8-16(25)12-15(23)13-20(22)26;1-22-17-4-3-12-7-16-14-9-19-18(24-11-25-19)8-13(14)5-6-21(16)10-15(12)20(17)23-2/h14-20,22,25-26H,4-13H2,1-3H3,(H,27,28);3-4,7-10H,5-6,11H2,1-2H3/q;+1/t14-,15+,16-,17-,18+,19+,20+,22+,23+,24-;/m1./s1. The van der Waals surface area contributed by atoms with Crippen LogP contribution < -0.4 is 23.5 Å². The molecule has 4 fully saturated rings. The number of hydrogen-bond acceptors (Lipinski definition) is 7. The molecule has 286 valence electrons. The molecule has 3 heterocycles. The van der Waals surface area contributed by atoms with Crippen molar-refractivity contribution >= 4 is 16.7 Å². The van der Waals surface area contributed by atoms with Gasteiger partial charge in [-0.3, -0.25) is 4.79 Å². The maximum Gasteiger partial charge on any atom is 0.303 e. The summed E-state index contributed by atoms with van der Waals surface area (Å²) in [4.78, 5) is 11.1. The molecule has 0 spiro atoms. The topological polar surface area (TPSA) is 119 Å². The Morgan fingerprint density at radius 1 is 0.962 bits per heavy atom. The lowest BCUT2D eigenvalue weighted by Crippen LogP contribution is -2.58. The third-order valence-corrected chi connectivity index (χ3v) is 15.2. The van der Waals surface area contributed by atoms with E-state index in [-0.39, 0.29) is 29.5 Å². The zero-order chi connectivity index (χ0) is 37.2. The zero-order valence-corrected chi connectivity index (χ0v) is 32.1. The lowest BCUT2D eigenvalue weighted by Gasteiger charge is -2.62. The van der Waals surface area contributed by atoms with Crippen LogP contribution in [-0.4, -0.2) is 54.5 Å². The number of aryl methyl sites for hydroxylation is 2. The fourth-order valence-electron chi connectivity index (χ4n) is 12.5. The van der Waals surface area contributed by atoms with Gasteiger partial charge in [0.25, 0.3) is 0 Å². The van der Waals surface area contributed by atoms with E-state index >= 15 is 0 Å². The van der Waals surface area contributed by atoms with Gasteiger partial charge in [-0.05, 0) is 139 Å². The smallest absolute Gasteiger partial charge is 0.303 e. The number of methoxy groups -OCH3 is 2. The molecule has 3 aromatic rings. The fourth-order valence-corrected chi connectivity index (χ4v) is 12.5. The monoisotopic (exact) mass is 728 g/mol. The van der Waals surface area contributed by atoms with Gasteiger partial charge in [0.05, 0.1) is 37.4 Å². The summed E-state index contributed by atoms with van der Waals surface area (Å²) in [5, 5.41) is 32.7. The minimum Gasteiger partial charge on any atom is -0.493 e. The van der Waals surface area contributed by atoms with E-state index < -0.39 is 5.97 Å². The fraction of sp³-hybridized carbons (Fsp3) is 0.636. The van der Waals surface area contributed by atoms with Crippen molar-refractivity contribution in [3.05, 3.63) is 42.1 Å². The predicted molar refractivity (Wildman–Crippen MR) is 201 cm³/mol. The van der Waals surface area contributed by atoms with Gasteiger partial charge in [-0.15, -0.1) is 0 Å². The van der Waals surface area contributed by atoms with Crippen molar-refractivity contribution < 1.29 is 43.6 Å². The highest BCUT2D eigenvalue weighted by atomic mass is 16.7. The molecule has 0 saturated heterocycles. The van der Waals surface area contributed by atoms with E-state index in [1.165, 1.54) is 42.5 Å². The Morgan fingerprint density at radius 3 is 2.47 bits per heavy atom. The number of pyridine rings is 1. The van der Waals surface area contributed by atoms with E-state index in [1.807, 2.05) is 6.07 Å². The van der Waals surface area contributed by atoms with Gasteiger partial charge in [0.15, 0.2) is 35.7 Å². The number of carbonyl (C=O) groups is 1. The Kier molecular flexibility index (Phi) is 9.58. The van der Waals surface area contributed by atoms with Gasteiger partial charge in [-0.2, -0.15) is 4.57 Å². The first-order chi connectivity index (χ1) is 25.4. The number of hydrogen-bond donors (Lipinski definition) is 3. The van der Waals surface area contributed by atoms with Crippen molar-refractivity contribution in [2.45, 2.75) is 110 Å². The lowest BCUT2D eigenvalue weighted by molar-refractivity contribution is -0.686. The Labute approximate surface area is 313 Å². The minimum absolute atomic E-state index is 0.179. The van der Waals surface area contributed by atoms with Gasteiger partial charge < -0.3 is 34.3 Å². The zero-order valence-electron chi connectivity index (χ0n) is 32.1. The molecule has 2 aliphatic heterocycles. The molecule has 0 amide bonds. The van der Waals surface area contributed by atoms with Crippen LogP contribution in [-0.2, 0) is 17.8 Å². The number of carboxylic acids is 1. The number of aromatic nitrogens is 1. The molecule has 9 nitrogen and oxygen atoms in total. The van der Waals surface area contributed by atoms with Gasteiger partial charge in [0.2, 0.25) is 12.5 Å².